The van der Waals surface area contributed by atoms with Gasteiger partial charge in [0.2, 0.25) is 5.75 Å². The van der Waals surface area contributed by atoms with Crippen molar-refractivity contribution in [2.45, 2.75) is 59.3 Å². The second-order valence-electron chi connectivity index (χ2n) is 6.51. The minimum atomic E-state index is -1.05. The fraction of sp³-hybridized carbons (Fsp3) is 0.682. The van der Waals surface area contributed by atoms with E-state index >= 15 is 0 Å². The molecule has 1 rings (SSSR count). The highest BCUT2D eigenvalue weighted by molar-refractivity contribution is 5.89. The number of aromatic carboxylic acids is 1. The van der Waals surface area contributed by atoms with E-state index in [1.54, 1.807) is 0 Å². The minimum Gasteiger partial charge on any atom is -0.493 e. The number of rotatable bonds is 13. The molecule has 162 valence electrons. The first-order valence-electron chi connectivity index (χ1n) is 10.2. The van der Waals surface area contributed by atoms with Crippen molar-refractivity contribution < 1.29 is 24.1 Å². The van der Waals surface area contributed by atoms with E-state index in [4.69, 9.17) is 19.3 Å². The Labute approximate surface area is 170 Å². The standard InChI is InChI=1S/C12H27N.C10H12O5/c1-4-7-8-9-10-11-12-13(5-2)6-3;1-13-7-4-6(10(11)12)5-8(14-2)9(7)15-3/h4-12H2,1-3H3;4-5H,1-3H3,(H,11,12). The van der Waals surface area contributed by atoms with Crippen LogP contribution in [0, 0.1) is 0 Å². The maximum Gasteiger partial charge on any atom is 0.335 e. The summed E-state index contributed by atoms with van der Waals surface area (Å²) in [6.45, 7) is 10.5. The summed E-state index contributed by atoms with van der Waals surface area (Å²) in [6.07, 6.45) is 8.48. The highest BCUT2D eigenvalue weighted by atomic mass is 16.5. The lowest BCUT2D eigenvalue weighted by molar-refractivity contribution is 0.0696. The third-order valence-electron chi connectivity index (χ3n) is 4.63. The molecular formula is C22H39NO5. The molecule has 0 spiro atoms. The number of ether oxygens (including phenoxy) is 3. The lowest BCUT2D eigenvalue weighted by atomic mass is 10.1. The Balaban J connectivity index is 0.000000528. The lowest BCUT2D eigenvalue weighted by Crippen LogP contribution is -2.23. The molecule has 0 atom stereocenters. The molecule has 6 heteroatoms. The monoisotopic (exact) mass is 397 g/mol. The Bertz CT molecular complexity index is 519. The van der Waals surface area contributed by atoms with E-state index in [2.05, 4.69) is 25.7 Å². The first kappa shape index (κ1) is 26.1. The van der Waals surface area contributed by atoms with Gasteiger partial charge < -0.3 is 24.2 Å². The van der Waals surface area contributed by atoms with E-state index < -0.39 is 5.97 Å². The normalized spacial score (nSPS) is 10.2. The van der Waals surface area contributed by atoms with Gasteiger partial charge in [0.25, 0.3) is 0 Å². The summed E-state index contributed by atoms with van der Waals surface area (Å²) >= 11 is 0. The number of carboxylic acids is 1. The predicted molar refractivity (Wildman–Crippen MR) is 114 cm³/mol. The van der Waals surface area contributed by atoms with E-state index in [0.29, 0.717) is 17.2 Å². The van der Waals surface area contributed by atoms with Crippen LogP contribution in [0.25, 0.3) is 0 Å². The van der Waals surface area contributed by atoms with Crippen molar-refractivity contribution in [3.05, 3.63) is 17.7 Å². The molecule has 0 aliphatic heterocycles. The number of nitrogens with zero attached hydrogens (tertiary/aromatic N) is 1. The minimum absolute atomic E-state index is 0.0875. The van der Waals surface area contributed by atoms with Gasteiger partial charge in [0.1, 0.15) is 0 Å². The van der Waals surface area contributed by atoms with Crippen molar-refractivity contribution >= 4 is 5.97 Å². The van der Waals surface area contributed by atoms with E-state index in [1.165, 1.54) is 91.6 Å². The summed E-state index contributed by atoms with van der Waals surface area (Å²) in [6, 6.07) is 2.76. The zero-order valence-corrected chi connectivity index (χ0v) is 18.5. The van der Waals surface area contributed by atoms with E-state index in [0.717, 1.165) is 0 Å². The van der Waals surface area contributed by atoms with E-state index in [1.807, 2.05) is 0 Å². The van der Waals surface area contributed by atoms with Crippen molar-refractivity contribution in [1.29, 1.82) is 0 Å². The summed E-state index contributed by atoms with van der Waals surface area (Å²) in [5, 5.41) is 8.84. The van der Waals surface area contributed by atoms with Crippen molar-refractivity contribution in [3.8, 4) is 17.2 Å². The van der Waals surface area contributed by atoms with Crippen LogP contribution in [0.3, 0.4) is 0 Å². The number of methoxy groups -OCH3 is 3. The summed E-state index contributed by atoms with van der Waals surface area (Å²) < 4.78 is 15.1. The Morgan fingerprint density at radius 2 is 1.36 bits per heavy atom. The molecule has 6 nitrogen and oxygen atoms in total. The van der Waals surface area contributed by atoms with Gasteiger partial charge in [-0.05, 0) is 38.2 Å². The highest BCUT2D eigenvalue weighted by Crippen LogP contribution is 2.38. The number of carboxylic acid groups (broad SMARTS) is 1. The van der Waals surface area contributed by atoms with Crippen LogP contribution in [-0.2, 0) is 0 Å². The van der Waals surface area contributed by atoms with Gasteiger partial charge in [-0.2, -0.15) is 0 Å². The molecule has 0 fully saturated rings. The first-order valence-corrected chi connectivity index (χ1v) is 10.2. The molecule has 0 heterocycles. The second-order valence-corrected chi connectivity index (χ2v) is 6.51. The van der Waals surface area contributed by atoms with Gasteiger partial charge in [-0.1, -0.05) is 52.9 Å². The van der Waals surface area contributed by atoms with Crippen LogP contribution in [0.1, 0.15) is 69.7 Å². The van der Waals surface area contributed by atoms with Gasteiger partial charge >= 0.3 is 5.97 Å². The number of benzene rings is 1. The van der Waals surface area contributed by atoms with Crippen LogP contribution >= 0.6 is 0 Å². The Morgan fingerprint density at radius 3 is 1.75 bits per heavy atom. The Kier molecular flexibility index (Phi) is 14.9. The summed E-state index contributed by atoms with van der Waals surface area (Å²) in [7, 11) is 4.33. The molecule has 0 saturated heterocycles. The fourth-order valence-electron chi connectivity index (χ4n) is 2.86. The topological polar surface area (TPSA) is 68.2 Å². The molecule has 1 N–H and O–H groups in total. The zero-order valence-electron chi connectivity index (χ0n) is 18.5. The smallest absolute Gasteiger partial charge is 0.335 e. The van der Waals surface area contributed by atoms with E-state index in [9.17, 15) is 4.79 Å². The summed E-state index contributed by atoms with van der Waals surface area (Å²) in [5.41, 5.74) is 0.0875. The third-order valence-corrected chi connectivity index (χ3v) is 4.63. The van der Waals surface area contributed by atoms with Crippen LogP contribution in [0.15, 0.2) is 12.1 Å². The number of hydrogen-bond donors (Lipinski definition) is 1. The molecule has 0 aliphatic rings. The maximum atomic E-state index is 10.8. The van der Waals surface area contributed by atoms with Crippen LogP contribution < -0.4 is 14.2 Å². The number of hydrogen-bond acceptors (Lipinski definition) is 5. The average molecular weight is 398 g/mol. The van der Waals surface area contributed by atoms with Gasteiger partial charge in [-0.15, -0.1) is 0 Å². The molecule has 0 saturated carbocycles. The van der Waals surface area contributed by atoms with Crippen molar-refractivity contribution in [2.24, 2.45) is 0 Å². The predicted octanol–water partition coefficient (Wildman–Crippen LogP) is 5.10. The lowest BCUT2D eigenvalue weighted by Gasteiger charge is -2.17. The molecule has 0 bridgehead atoms. The molecule has 1 aromatic rings. The van der Waals surface area contributed by atoms with E-state index in [-0.39, 0.29) is 5.56 Å². The molecule has 0 aromatic heterocycles. The van der Waals surface area contributed by atoms with Gasteiger partial charge in [0.05, 0.1) is 26.9 Å². The molecule has 28 heavy (non-hydrogen) atoms. The largest absolute Gasteiger partial charge is 0.493 e. The first-order chi connectivity index (χ1) is 13.5. The van der Waals surface area contributed by atoms with Crippen LogP contribution in [-0.4, -0.2) is 56.9 Å². The summed E-state index contributed by atoms with van der Waals surface area (Å²) in [4.78, 5) is 13.3. The van der Waals surface area contributed by atoms with Gasteiger partial charge in [-0.3, -0.25) is 0 Å². The molecule has 1 aromatic carbocycles. The summed E-state index contributed by atoms with van der Waals surface area (Å²) in [5.74, 6) is -0.0113. The molecule has 0 radical (unpaired) electrons. The molecule has 0 amide bonds. The van der Waals surface area contributed by atoms with Gasteiger partial charge in [-0.25, -0.2) is 4.79 Å². The fourth-order valence-corrected chi connectivity index (χ4v) is 2.86. The van der Waals surface area contributed by atoms with Crippen molar-refractivity contribution in [1.82, 2.24) is 4.90 Å². The van der Waals surface area contributed by atoms with Gasteiger partial charge in [0, 0.05) is 0 Å². The Morgan fingerprint density at radius 1 is 0.857 bits per heavy atom. The third kappa shape index (κ3) is 9.83. The molecule has 0 unspecified atom stereocenters. The van der Waals surface area contributed by atoms with Gasteiger partial charge in [0.15, 0.2) is 11.5 Å². The van der Waals surface area contributed by atoms with Crippen LogP contribution in [0.5, 0.6) is 17.2 Å². The Hall–Kier alpha value is -1.95. The zero-order chi connectivity index (χ0) is 21.4. The van der Waals surface area contributed by atoms with Crippen molar-refractivity contribution in [2.75, 3.05) is 41.0 Å². The second kappa shape index (κ2) is 16.0. The number of carbonyl (C=O) groups is 1. The quantitative estimate of drug-likeness (QED) is 0.467. The number of unbranched alkanes of at least 4 members (excludes halogenated alkanes) is 5. The molecule has 0 aliphatic carbocycles. The molecular weight excluding hydrogens is 358 g/mol. The SMILES string of the molecule is CCCCCCCCN(CC)CC.COc1cc(C(=O)O)cc(OC)c1OC. The van der Waals surface area contributed by atoms with Crippen LogP contribution in [0.2, 0.25) is 0 Å². The van der Waals surface area contributed by atoms with Crippen molar-refractivity contribution in [3.63, 3.8) is 0 Å². The van der Waals surface area contributed by atoms with Crippen LogP contribution in [0.4, 0.5) is 0 Å². The average Bonchev–Trinajstić information content (AvgIpc) is 2.72. The maximum absolute atomic E-state index is 10.8. The highest BCUT2D eigenvalue weighted by Gasteiger charge is 2.15.